The Balaban J connectivity index is 2.79. The molecule has 1 aromatic heterocycles. The minimum absolute atomic E-state index is 0.340. The Bertz CT molecular complexity index is 423. The Morgan fingerprint density at radius 3 is 2.76 bits per heavy atom. The van der Waals surface area contributed by atoms with Gasteiger partial charge in [0.25, 0.3) is 0 Å². The Hall–Kier alpha value is -1.62. The van der Waals surface area contributed by atoms with E-state index in [0.717, 1.165) is 6.42 Å². The number of allylic oxidation sites excluding steroid dienone is 1. The van der Waals surface area contributed by atoms with E-state index in [9.17, 15) is 9.59 Å². The first-order valence-corrected chi connectivity index (χ1v) is 6.18. The standard InChI is InChI=1S/C12H15NO3S/c1-3-5-8(2)11(14)13-10(12(15)16)9-6-4-7-17-9/h4-7,10H,3H2,1-2H3,(H,13,14)(H,15,16)/b8-5-. The third kappa shape index (κ3) is 3.71. The van der Waals surface area contributed by atoms with Crippen LogP contribution in [0, 0.1) is 0 Å². The summed E-state index contributed by atoms with van der Waals surface area (Å²) in [5, 5.41) is 13.4. The third-order valence-electron chi connectivity index (χ3n) is 2.22. The second-order valence-corrected chi connectivity index (χ2v) is 4.53. The topological polar surface area (TPSA) is 66.4 Å². The van der Waals surface area contributed by atoms with Gasteiger partial charge < -0.3 is 10.4 Å². The fourth-order valence-electron chi connectivity index (χ4n) is 1.35. The Morgan fingerprint density at radius 2 is 2.29 bits per heavy atom. The fraction of sp³-hybridized carbons (Fsp3) is 0.333. The number of thiophene rings is 1. The lowest BCUT2D eigenvalue weighted by Gasteiger charge is -2.13. The van der Waals surface area contributed by atoms with Gasteiger partial charge in [-0.05, 0) is 24.8 Å². The maximum absolute atomic E-state index is 11.7. The van der Waals surface area contributed by atoms with Gasteiger partial charge in [0, 0.05) is 10.5 Å². The summed E-state index contributed by atoms with van der Waals surface area (Å²) < 4.78 is 0. The molecule has 1 aromatic rings. The van der Waals surface area contributed by atoms with E-state index < -0.39 is 12.0 Å². The van der Waals surface area contributed by atoms with Gasteiger partial charge in [-0.15, -0.1) is 11.3 Å². The molecule has 0 aliphatic carbocycles. The van der Waals surface area contributed by atoms with E-state index in [1.54, 1.807) is 30.5 Å². The smallest absolute Gasteiger partial charge is 0.331 e. The van der Waals surface area contributed by atoms with Crippen molar-refractivity contribution in [1.29, 1.82) is 0 Å². The quantitative estimate of drug-likeness (QED) is 0.791. The molecule has 1 amide bonds. The average molecular weight is 253 g/mol. The van der Waals surface area contributed by atoms with Crippen molar-refractivity contribution in [1.82, 2.24) is 5.32 Å². The highest BCUT2D eigenvalue weighted by Crippen LogP contribution is 2.19. The minimum atomic E-state index is -1.05. The zero-order chi connectivity index (χ0) is 12.8. The van der Waals surface area contributed by atoms with Crippen LogP contribution in [0.1, 0.15) is 31.2 Å². The van der Waals surface area contributed by atoms with Gasteiger partial charge in [-0.1, -0.05) is 19.1 Å². The highest BCUT2D eigenvalue weighted by atomic mass is 32.1. The predicted molar refractivity (Wildman–Crippen MR) is 66.9 cm³/mol. The zero-order valence-corrected chi connectivity index (χ0v) is 10.6. The van der Waals surface area contributed by atoms with Crippen molar-refractivity contribution < 1.29 is 14.7 Å². The fourth-order valence-corrected chi connectivity index (χ4v) is 2.12. The summed E-state index contributed by atoms with van der Waals surface area (Å²) in [5.74, 6) is -1.39. The molecule has 1 heterocycles. The first kappa shape index (κ1) is 13.4. The van der Waals surface area contributed by atoms with Crippen molar-refractivity contribution in [3.63, 3.8) is 0 Å². The highest BCUT2D eigenvalue weighted by molar-refractivity contribution is 7.10. The van der Waals surface area contributed by atoms with E-state index >= 15 is 0 Å². The summed E-state index contributed by atoms with van der Waals surface area (Å²) in [6.07, 6.45) is 2.51. The van der Waals surface area contributed by atoms with Crippen molar-refractivity contribution >= 4 is 23.2 Å². The molecule has 0 saturated carbocycles. The van der Waals surface area contributed by atoms with Crippen molar-refractivity contribution in [3.05, 3.63) is 34.0 Å². The molecule has 0 saturated heterocycles. The molecular weight excluding hydrogens is 238 g/mol. The van der Waals surface area contributed by atoms with E-state index in [2.05, 4.69) is 5.32 Å². The zero-order valence-electron chi connectivity index (χ0n) is 9.77. The van der Waals surface area contributed by atoms with E-state index in [1.807, 2.05) is 6.92 Å². The van der Waals surface area contributed by atoms with Crippen molar-refractivity contribution in [3.8, 4) is 0 Å². The molecule has 0 spiro atoms. The third-order valence-corrected chi connectivity index (χ3v) is 3.16. The molecular formula is C12H15NO3S. The van der Waals surface area contributed by atoms with Gasteiger partial charge in [-0.25, -0.2) is 4.79 Å². The average Bonchev–Trinajstić information content (AvgIpc) is 2.78. The van der Waals surface area contributed by atoms with Gasteiger partial charge in [0.1, 0.15) is 0 Å². The van der Waals surface area contributed by atoms with Crippen LogP contribution < -0.4 is 5.32 Å². The van der Waals surface area contributed by atoms with Gasteiger partial charge in [0.2, 0.25) is 5.91 Å². The van der Waals surface area contributed by atoms with Crippen LogP contribution in [-0.4, -0.2) is 17.0 Å². The van der Waals surface area contributed by atoms with Crippen LogP contribution in [-0.2, 0) is 9.59 Å². The second-order valence-electron chi connectivity index (χ2n) is 3.56. The molecule has 2 N–H and O–H groups in total. The molecule has 0 aromatic carbocycles. The summed E-state index contributed by atoms with van der Waals surface area (Å²) >= 11 is 1.31. The van der Waals surface area contributed by atoms with E-state index in [4.69, 9.17) is 5.11 Å². The van der Waals surface area contributed by atoms with Gasteiger partial charge in [0.15, 0.2) is 6.04 Å². The number of hydrogen-bond donors (Lipinski definition) is 2. The maximum Gasteiger partial charge on any atom is 0.331 e. The first-order valence-electron chi connectivity index (χ1n) is 5.30. The summed E-state index contributed by atoms with van der Waals surface area (Å²) in [6.45, 7) is 3.59. The molecule has 1 rings (SSSR count). The molecule has 1 atom stereocenters. The number of carboxylic acids is 1. The van der Waals surface area contributed by atoms with E-state index in [0.29, 0.717) is 10.5 Å². The number of rotatable bonds is 5. The number of carbonyl (C=O) groups is 2. The molecule has 1 unspecified atom stereocenters. The minimum Gasteiger partial charge on any atom is -0.479 e. The van der Waals surface area contributed by atoms with Crippen LogP contribution in [0.2, 0.25) is 0 Å². The van der Waals surface area contributed by atoms with Gasteiger partial charge in [0.05, 0.1) is 0 Å². The van der Waals surface area contributed by atoms with Crippen molar-refractivity contribution in [2.75, 3.05) is 0 Å². The Labute approximate surface area is 104 Å². The second kappa shape index (κ2) is 6.20. The SMILES string of the molecule is CC/C=C(/C)C(=O)NC(C(=O)O)c1cccs1. The predicted octanol–water partition coefficient (Wildman–Crippen LogP) is 2.35. The first-order chi connectivity index (χ1) is 8.06. The van der Waals surface area contributed by atoms with Crippen molar-refractivity contribution in [2.45, 2.75) is 26.3 Å². The van der Waals surface area contributed by atoms with Gasteiger partial charge in [-0.2, -0.15) is 0 Å². The number of nitrogens with one attached hydrogen (secondary N) is 1. The Kier molecular flexibility index (Phi) is 4.90. The highest BCUT2D eigenvalue weighted by Gasteiger charge is 2.23. The normalized spacial score (nSPS) is 13.2. The van der Waals surface area contributed by atoms with Crippen molar-refractivity contribution in [2.24, 2.45) is 0 Å². The van der Waals surface area contributed by atoms with Gasteiger partial charge in [-0.3, -0.25) is 4.79 Å². The molecule has 5 heteroatoms. The van der Waals surface area contributed by atoms with Crippen LogP contribution in [0.3, 0.4) is 0 Å². The number of carbonyl (C=O) groups excluding carboxylic acids is 1. The van der Waals surface area contributed by atoms with E-state index in [1.165, 1.54) is 11.3 Å². The summed E-state index contributed by atoms with van der Waals surface area (Å²) in [7, 11) is 0. The van der Waals surface area contributed by atoms with Crippen LogP contribution in [0.25, 0.3) is 0 Å². The Morgan fingerprint density at radius 1 is 1.59 bits per heavy atom. The number of carboxylic acid groups (broad SMARTS) is 1. The van der Waals surface area contributed by atoms with Gasteiger partial charge >= 0.3 is 5.97 Å². The van der Waals surface area contributed by atoms with Crippen LogP contribution in [0.4, 0.5) is 0 Å². The lowest BCUT2D eigenvalue weighted by atomic mass is 10.2. The number of aliphatic carboxylic acids is 1. The molecule has 0 aliphatic rings. The summed E-state index contributed by atoms with van der Waals surface area (Å²) in [4.78, 5) is 23.4. The maximum atomic E-state index is 11.7. The van der Waals surface area contributed by atoms with E-state index in [-0.39, 0.29) is 5.91 Å². The molecule has 0 radical (unpaired) electrons. The monoisotopic (exact) mass is 253 g/mol. The lowest BCUT2D eigenvalue weighted by molar-refractivity contribution is -0.141. The lowest BCUT2D eigenvalue weighted by Crippen LogP contribution is -2.33. The summed E-state index contributed by atoms with van der Waals surface area (Å²) in [6, 6.07) is 2.49. The molecule has 0 aliphatic heterocycles. The molecule has 0 bridgehead atoms. The largest absolute Gasteiger partial charge is 0.479 e. The summed E-state index contributed by atoms with van der Waals surface area (Å²) in [5.41, 5.74) is 0.537. The van der Waals surface area contributed by atoms with Crippen LogP contribution in [0.15, 0.2) is 29.2 Å². The number of hydrogen-bond acceptors (Lipinski definition) is 3. The van der Waals surface area contributed by atoms with Crippen LogP contribution >= 0.6 is 11.3 Å². The molecule has 17 heavy (non-hydrogen) atoms. The molecule has 0 fully saturated rings. The molecule has 4 nitrogen and oxygen atoms in total. The molecule has 92 valence electrons. The van der Waals surface area contributed by atoms with Crippen LogP contribution in [0.5, 0.6) is 0 Å². The number of amides is 1.